The zero-order valence-electron chi connectivity index (χ0n) is 10.2. The summed E-state index contributed by atoms with van der Waals surface area (Å²) in [7, 11) is 0. The van der Waals surface area contributed by atoms with Gasteiger partial charge < -0.3 is 5.32 Å². The standard InChI is InChI=1S/C14H13ClFN3/c15-11-7-10(3-4-12(11)16)13-14(18-6-5-17-13)19-8-9-1-2-9/h3-7,9H,1-2,8H2,(H,18,19). The molecule has 0 aliphatic heterocycles. The summed E-state index contributed by atoms with van der Waals surface area (Å²) in [5.74, 6) is 1.03. The van der Waals surface area contributed by atoms with Crippen LogP contribution in [0.5, 0.6) is 0 Å². The Hall–Kier alpha value is -1.68. The van der Waals surface area contributed by atoms with E-state index in [0.29, 0.717) is 5.69 Å². The Kier molecular flexibility index (Phi) is 3.34. The summed E-state index contributed by atoms with van der Waals surface area (Å²) in [4.78, 5) is 8.61. The van der Waals surface area contributed by atoms with Crippen LogP contribution in [0, 0.1) is 11.7 Å². The third-order valence-corrected chi connectivity index (χ3v) is 3.44. The van der Waals surface area contributed by atoms with Gasteiger partial charge >= 0.3 is 0 Å². The molecular weight excluding hydrogens is 265 g/mol. The van der Waals surface area contributed by atoms with Gasteiger partial charge in [0.2, 0.25) is 0 Å². The first kappa shape index (κ1) is 12.4. The molecule has 3 nitrogen and oxygen atoms in total. The predicted octanol–water partition coefficient (Wildman–Crippen LogP) is 3.76. The second-order valence-electron chi connectivity index (χ2n) is 4.71. The van der Waals surface area contributed by atoms with Crippen LogP contribution >= 0.6 is 11.6 Å². The fraction of sp³-hybridized carbons (Fsp3) is 0.286. The van der Waals surface area contributed by atoms with Gasteiger partial charge in [0.25, 0.3) is 0 Å². The maximum absolute atomic E-state index is 13.2. The topological polar surface area (TPSA) is 37.8 Å². The van der Waals surface area contributed by atoms with Crippen LogP contribution in [0.2, 0.25) is 5.02 Å². The van der Waals surface area contributed by atoms with Gasteiger partial charge in [-0.1, -0.05) is 11.6 Å². The van der Waals surface area contributed by atoms with Gasteiger partial charge in [0.15, 0.2) is 5.82 Å². The molecule has 1 aromatic heterocycles. The first-order valence-electron chi connectivity index (χ1n) is 6.24. The van der Waals surface area contributed by atoms with E-state index in [1.54, 1.807) is 24.5 Å². The van der Waals surface area contributed by atoms with Crippen molar-refractivity contribution in [2.75, 3.05) is 11.9 Å². The minimum absolute atomic E-state index is 0.0938. The van der Waals surface area contributed by atoms with Crippen molar-refractivity contribution in [1.82, 2.24) is 9.97 Å². The fourth-order valence-electron chi connectivity index (χ4n) is 1.89. The molecule has 0 atom stereocenters. The second kappa shape index (κ2) is 5.13. The van der Waals surface area contributed by atoms with E-state index in [1.807, 2.05) is 0 Å². The molecule has 0 spiro atoms. The number of hydrogen-bond donors (Lipinski definition) is 1. The molecule has 1 heterocycles. The zero-order chi connectivity index (χ0) is 13.2. The molecule has 0 bridgehead atoms. The van der Waals surface area contributed by atoms with E-state index in [2.05, 4.69) is 15.3 Å². The number of nitrogens with one attached hydrogen (secondary N) is 1. The average Bonchev–Trinajstić information content (AvgIpc) is 3.24. The average molecular weight is 278 g/mol. The lowest BCUT2D eigenvalue weighted by molar-refractivity contribution is 0.628. The first-order valence-corrected chi connectivity index (χ1v) is 6.62. The minimum atomic E-state index is -0.429. The Morgan fingerprint density at radius 3 is 2.79 bits per heavy atom. The number of rotatable bonds is 4. The lowest BCUT2D eigenvalue weighted by Gasteiger charge is -2.10. The summed E-state index contributed by atoms with van der Waals surface area (Å²) in [6, 6.07) is 4.58. The van der Waals surface area contributed by atoms with Crippen LogP contribution in [0.3, 0.4) is 0 Å². The van der Waals surface area contributed by atoms with Crippen molar-refractivity contribution in [2.24, 2.45) is 5.92 Å². The second-order valence-corrected chi connectivity index (χ2v) is 5.11. The van der Waals surface area contributed by atoms with E-state index in [-0.39, 0.29) is 5.02 Å². The zero-order valence-corrected chi connectivity index (χ0v) is 11.0. The Bertz CT molecular complexity index is 599. The molecular formula is C14H13ClFN3. The number of anilines is 1. The van der Waals surface area contributed by atoms with Crippen molar-refractivity contribution >= 4 is 17.4 Å². The third-order valence-electron chi connectivity index (χ3n) is 3.15. The first-order chi connectivity index (χ1) is 9.24. The van der Waals surface area contributed by atoms with Gasteiger partial charge in [-0.25, -0.2) is 9.37 Å². The molecule has 5 heteroatoms. The fourth-order valence-corrected chi connectivity index (χ4v) is 2.07. The third kappa shape index (κ3) is 2.84. The summed E-state index contributed by atoms with van der Waals surface area (Å²) < 4.78 is 13.2. The van der Waals surface area contributed by atoms with Crippen molar-refractivity contribution in [2.45, 2.75) is 12.8 Å². The minimum Gasteiger partial charge on any atom is -0.368 e. The number of nitrogens with zero attached hydrogens (tertiary/aromatic N) is 2. The van der Waals surface area contributed by atoms with Crippen LogP contribution in [0.4, 0.5) is 10.2 Å². The molecule has 0 amide bonds. The molecule has 1 fully saturated rings. The molecule has 1 saturated carbocycles. The molecule has 0 radical (unpaired) electrons. The van der Waals surface area contributed by atoms with Crippen molar-refractivity contribution in [1.29, 1.82) is 0 Å². The van der Waals surface area contributed by atoms with Gasteiger partial charge in [0.1, 0.15) is 11.5 Å². The molecule has 19 heavy (non-hydrogen) atoms. The Labute approximate surface area is 115 Å². The number of halogens is 2. The van der Waals surface area contributed by atoms with E-state index < -0.39 is 5.82 Å². The maximum Gasteiger partial charge on any atom is 0.152 e. The molecule has 0 unspecified atom stereocenters. The number of hydrogen-bond acceptors (Lipinski definition) is 3. The normalized spacial score (nSPS) is 14.4. The Balaban J connectivity index is 1.91. The molecule has 3 rings (SSSR count). The SMILES string of the molecule is Fc1ccc(-c2nccnc2NCC2CC2)cc1Cl. The lowest BCUT2D eigenvalue weighted by Crippen LogP contribution is -2.07. The maximum atomic E-state index is 13.2. The summed E-state index contributed by atoms with van der Waals surface area (Å²) >= 11 is 5.81. The monoisotopic (exact) mass is 277 g/mol. The molecule has 0 saturated heterocycles. The van der Waals surface area contributed by atoms with E-state index in [1.165, 1.54) is 18.9 Å². The molecule has 1 aliphatic carbocycles. The largest absolute Gasteiger partial charge is 0.368 e. The predicted molar refractivity (Wildman–Crippen MR) is 73.6 cm³/mol. The highest BCUT2D eigenvalue weighted by molar-refractivity contribution is 6.31. The summed E-state index contributed by atoms with van der Waals surface area (Å²) in [6.45, 7) is 0.903. The van der Waals surface area contributed by atoms with Crippen molar-refractivity contribution < 1.29 is 4.39 Å². The van der Waals surface area contributed by atoms with Crippen molar-refractivity contribution in [3.05, 3.63) is 41.4 Å². The van der Waals surface area contributed by atoms with Crippen LogP contribution in [-0.4, -0.2) is 16.5 Å². The summed E-state index contributed by atoms with van der Waals surface area (Å²) in [6.07, 6.45) is 5.80. The van der Waals surface area contributed by atoms with Crippen LogP contribution in [0.25, 0.3) is 11.3 Å². The smallest absolute Gasteiger partial charge is 0.152 e. The number of benzene rings is 1. The highest BCUT2D eigenvalue weighted by atomic mass is 35.5. The quantitative estimate of drug-likeness (QED) is 0.925. The van der Waals surface area contributed by atoms with E-state index in [0.717, 1.165) is 23.8 Å². The van der Waals surface area contributed by atoms with E-state index in [4.69, 9.17) is 11.6 Å². The van der Waals surface area contributed by atoms with Gasteiger partial charge in [0.05, 0.1) is 5.02 Å². The Morgan fingerprint density at radius 1 is 1.26 bits per heavy atom. The highest BCUT2D eigenvalue weighted by Gasteiger charge is 2.21. The van der Waals surface area contributed by atoms with E-state index >= 15 is 0 Å². The molecule has 2 aromatic rings. The van der Waals surface area contributed by atoms with Gasteiger partial charge in [-0.05, 0) is 37.0 Å². The molecule has 1 N–H and O–H groups in total. The van der Waals surface area contributed by atoms with Crippen molar-refractivity contribution in [3.63, 3.8) is 0 Å². The molecule has 1 aromatic carbocycles. The summed E-state index contributed by atoms with van der Waals surface area (Å²) in [5.41, 5.74) is 1.46. The van der Waals surface area contributed by atoms with Crippen molar-refractivity contribution in [3.8, 4) is 11.3 Å². The van der Waals surface area contributed by atoms with Crippen LogP contribution in [0.15, 0.2) is 30.6 Å². The molecule has 1 aliphatic rings. The van der Waals surface area contributed by atoms with Gasteiger partial charge in [0, 0.05) is 24.5 Å². The van der Waals surface area contributed by atoms with Crippen LogP contribution in [-0.2, 0) is 0 Å². The van der Waals surface area contributed by atoms with Gasteiger partial charge in [-0.3, -0.25) is 4.98 Å². The highest BCUT2D eigenvalue weighted by Crippen LogP contribution is 2.31. The van der Waals surface area contributed by atoms with Gasteiger partial charge in [-0.2, -0.15) is 0 Å². The summed E-state index contributed by atoms with van der Waals surface area (Å²) in [5, 5.41) is 3.39. The number of aromatic nitrogens is 2. The lowest BCUT2D eigenvalue weighted by atomic mass is 10.1. The van der Waals surface area contributed by atoms with Crippen LogP contribution in [0.1, 0.15) is 12.8 Å². The Morgan fingerprint density at radius 2 is 2.05 bits per heavy atom. The van der Waals surface area contributed by atoms with Crippen LogP contribution < -0.4 is 5.32 Å². The van der Waals surface area contributed by atoms with E-state index in [9.17, 15) is 4.39 Å². The van der Waals surface area contributed by atoms with Gasteiger partial charge in [-0.15, -0.1) is 0 Å². The molecule has 98 valence electrons.